The zero-order valence-electron chi connectivity index (χ0n) is 19.3. The van der Waals surface area contributed by atoms with Crippen LogP contribution in [-0.4, -0.2) is 42.4 Å². The van der Waals surface area contributed by atoms with Crippen molar-refractivity contribution in [1.29, 1.82) is 0 Å². The van der Waals surface area contributed by atoms with Crippen molar-refractivity contribution in [3.05, 3.63) is 76.0 Å². The number of nitrogen functional groups attached to an aromatic ring is 1. The number of nitrogens with two attached hydrogens (primary N) is 2. The number of carbonyl (C=O) groups excluding carboxylic acids is 3. The number of rotatable bonds is 10. The monoisotopic (exact) mass is 499 g/mol. The van der Waals surface area contributed by atoms with Crippen molar-refractivity contribution in [3.8, 4) is 0 Å². The molecule has 0 aliphatic carbocycles. The summed E-state index contributed by atoms with van der Waals surface area (Å²) in [5.41, 5.74) is 12.6. The number of para-hydroxylation sites is 1. The third-order valence-electron chi connectivity index (χ3n) is 5.30. The fourth-order valence-electron chi connectivity index (χ4n) is 3.58. The van der Waals surface area contributed by atoms with E-state index < -0.39 is 29.6 Å². The van der Waals surface area contributed by atoms with Crippen LogP contribution in [0.1, 0.15) is 44.3 Å². The Balaban J connectivity index is 2.22. The van der Waals surface area contributed by atoms with E-state index in [-0.39, 0.29) is 29.4 Å². The van der Waals surface area contributed by atoms with Crippen LogP contribution >= 0.6 is 11.5 Å². The van der Waals surface area contributed by atoms with Gasteiger partial charge in [0.05, 0.1) is 12.3 Å². The first-order chi connectivity index (χ1) is 16.8. The maximum atomic E-state index is 14.0. The SMILES string of the molecule is CCc1ccccc1N(C(=O)c1snc(C(N)=O)c1N)C(C(=O)NCCOC)c1ccc(F)cc1. The van der Waals surface area contributed by atoms with Gasteiger partial charge in [0.15, 0.2) is 5.69 Å². The summed E-state index contributed by atoms with van der Waals surface area (Å²) in [5, 5.41) is 2.76. The number of carbonyl (C=O) groups is 3. The van der Waals surface area contributed by atoms with E-state index in [0.717, 1.165) is 17.1 Å². The minimum absolute atomic E-state index is 0.0403. The molecule has 0 aliphatic heterocycles. The molecule has 184 valence electrons. The normalized spacial score (nSPS) is 11.6. The van der Waals surface area contributed by atoms with Crippen LogP contribution < -0.4 is 21.7 Å². The fourth-order valence-corrected chi connectivity index (χ4v) is 4.33. The van der Waals surface area contributed by atoms with Gasteiger partial charge in [-0.3, -0.25) is 19.3 Å². The van der Waals surface area contributed by atoms with Crippen molar-refractivity contribution in [2.75, 3.05) is 30.9 Å². The highest BCUT2D eigenvalue weighted by Crippen LogP contribution is 2.35. The number of aryl methyl sites for hydroxylation is 1. The van der Waals surface area contributed by atoms with Crippen molar-refractivity contribution in [2.45, 2.75) is 19.4 Å². The molecule has 0 saturated carbocycles. The molecule has 11 heteroatoms. The lowest BCUT2D eigenvalue weighted by Crippen LogP contribution is -2.45. The van der Waals surface area contributed by atoms with Crippen molar-refractivity contribution in [3.63, 3.8) is 0 Å². The number of aromatic nitrogens is 1. The lowest BCUT2D eigenvalue weighted by Gasteiger charge is -2.32. The molecular weight excluding hydrogens is 473 g/mol. The van der Waals surface area contributed by atoms with Crippen LogP contribution in [0.5, 0.6) is 0 Å². The van der Waals surface area contributed by atoms with Gasteiger partial charge in [0, 0.05) is 19.3 Å². The number of nitrogens with one attached hydrogen (secondary N) is 1. The zero-order valence-corrected chi connectivity index (χ0v) is 20.1. The van der Waals surface area contributed by atoms with E-state index in [2.05, 4.69) is 9.69 Å². The Morgan fingerprint density at radius 1 is 1.17 bits per heavy atom. The second-order valence-corrected chi connectivity index (χ2v) is 8.31. The van der Waals surface area contributed by atoms with Gasteiger partial charge in [0.1, 0.15) is 16.7 Å². The molecule has 0 radical (unpaired) electrons. The highest BCUT2D eigenvalue weighted by Gasteiger charge is 2.36. The number of anilines is 2. The molecule has 1 unspecified atom stereocenters. The largest absolute Gasteiger partial charge is 0.395 e. The molecule has 5 N–H and O–H groups in total. The molecule has 0 bridgehead atoms. The molecule has 3 aromatic rings. The third-order valence-corrected chi connectivity index (χ3v) is 6.16. The molecule has 2 aromatic carbocycles. The van der Waals surface area contributed by atoms with E-state index in [0.29, 0.717) is 17.7 Å². The van der Waals surface area contributed by atoms with Crippen LogP contribution in [0.15, 0.2) is 48.5 Å². The zero-order chi connectivity index (χ0) is 25.5. The second kappa shape index (κ2) is 11.5. The molecule has 3 rings (SSSR count). The average Bonchev–Trinajstić information content (AvgIpc) is 3.24. The Bertz CT molecular complexity index is 1210. The van der Waals surface area contributed by atoms with Crippen molar-refractivity contribution >= 4 is 40.6 Å². The molecule has 3 amide bonds. The Labute approximate surface area is 206 Å². The van der Waals surface area contributed by atoms with Gasteiger partial charge in [-0.05, 0) is 47.3 Å². The molecule has 1 heterocycles. The first kappa shape index (κ1) is 25.8. The first-order valence-electron chi connectivity index (χ1n) is 10.8. The summed E-state index contributed by atoms with van der Waals surface area (Å²) in [7, 11) is 1.50. The first-order valence-corrected chi connectivity index (χ1v) is 11.6. The molecule has 1 aromatic heterocycles. The molecular formula is C24H26FN5O4S. The van der Waals surface area contributed by atoms with Gasteiger partial charge >= 0.3 is 0 Å². The van der Waals surface area contributed by atoms with E-state index in [4.69, 9.17) is 16.2 Å². The summed E-state index contributed by atoms with van der Waals surface area (Å²) in [6.45, 7) is 2.36. The predicted octanol–water partition coefficient (Wildman–Crippen LogP) is 2.68. The molecule has 9 nitrogen and oxygen atoms in total. The summed E-state index contributed by atoms with van der Waals surface area (Å²) in [5.74, 6) is -2.52. The van der Waals surface area contributed by atoms with Crippen LogP contribution in [0.2, 0.25) is 0 Å². The summed E-state index contributed by atoms with van der Waals surface area (Å²) in [4.78, 5) is 40.4. The van der Waals surface area contributed by atoms with Gasteiger partial charge in [0.25, 0.3) is 11.8 Å². The fraction of sp³-hybridized carbons (Fsp3) is 0.250. The number of benzene rings is 2. The Hall–Kier alpha value is -3.83. The lowest BCUT2D eigenvalue weighted by atomic mass is 10.0. The number of nitrogens with zero attached hydrogens (tertiary/aromatic N) is 2. The standard InChI is InChI=1S/C24H26FN5O4S/c1-3-14-6-4-5-7-17(14)30(24(33)21-18(26)19(22(27)31)29-35-21)20(23(32)28-12-13-34-2)15-8-10-16(25)11-9-15/h4-11,20H,3,12-13,26H2,1-2H3,(H2,27,31)(H,28,32). The van der Waals surface area contributed by atoms with Gasteiger partial charge in [-0.2, -0.15) is 4.37 Å². The van der Waals surface area contributed by atoms with Crippen LogP contribution in [0.3, 0.4) is 0 Å². The molecule has 35 heavy (non-hydrogen) atoms. The summed E-state index contributed by atoms with van der Waals surface area (Å²) >= 11 is 0.719. The van der Waals surface area contributed by atoms with Crippen LogP contribution in [0, 0.1) is 5.82 Å². The van der Waals surface area contributed by atoms with Crippen LogP contribution in [-0.2, 0) is 16.0 Å². The van der Waals surface area contributed by atoms with Gasteiger partial charge in [-0.15, -0.1) is 0 Å². The molecule has 0 aliphatic rings. The maximum absolute atomic E-state index is 14.0. The minimum atomic E-state index is -1.19. The van der Waals surface area contributed by atoms with Crippen molar-refractivity contribution < 1.29 is 23.5 Å². The van der Waals surface area contributed by atoms with E-state index in [1.165, 1.54) is 36.3 Å². The van der Waals surface area contributed by atoms with E-state index >= 15 is 0 Å². The topological polar surface area (TPSA) is 141 Å². The predicted molar refractivity (Wildman–Crippen MR) is 132 cm³/mol. The minimum Gasteiger partial charge on any atom is -0.395 e. The number of ether oxygens (including phenoxy) is 1. The Kier molecular flexibility index (Phi) is 8.50. The van der Waals surface area contributed by atoms with Gasteiger partial charge in [-0.25, -0.2) is 4.39 Å². The van der Waals surface area contributed by atoms with E-state index in [9.17, 15) is 18.8 Å². The molecule has 0 saturated heterocycles. The van der Waals surface area contributed by atoms with E-state index in [1.54, 1.807) is 12.1 Å². The highest BCUT2D eigenvalue weighted by atomic mass is 32.1. The maximum Gasteiger partial charge on any atom is 0.273 e. The smallest absolute Gasteiger partial charge is 0.273 e. The Morgan fingerprint density at radius 2 is 1.86 bits per heavy atom. The lowest BCUT2D eigenvalue weighted by molar-refractivity contribution is -0.122. The number of hydrogen-bond donors (Lipinski definition) is 3. The number of halogens is 1. The molecule has 1 atom stereocenters. The number of primary amides is 1. The Morgan fingerprint density at radius 3 is 2.46 bits per heavy atom. The molecule has 0 spiro atoms. The summed E-state index contributed by atoms with van der Waals surface area (Å²) < 4.78 is 22.7. The van der Waals surface area contributed by atoms with Crippen molar-refractivity contribution in [2.24, 2.45) is 5.73 Å². The van der Waals surface area contributed by atoms with Crippen molar-refractivity contribution in [1.82, 2.24) is 9.69 Å². The third kappa shape index (κ3) is 5.64. The van der Waals surface area contributed by atoms with Crippen LogP contribution in [0.4, 0.5) is 15.8 Å². The highest BCUT2D eigenvalue weighted by molar-refractivity contribution is 7.09. The van der Waals surface area contributed by atoms with Gasteiger partial charge in [-0.1, -0.05) is 37.3 Å². The average molecular weight is 500 g/mol. The van der Waals surface area contributed by atoms with Gasteiger partial charge in [0.2, 0.25) is 5.91 Å². The summed E-state index contributed by atoms with van der Waals surface area (Å²) in [6, 6.07) is 11.2. The van der Waals surface area contributed by atoms with Crippen LogP contribution in [0.25, 0.3) is 0 Å². The number of hydrogen-bond acceptors (Lipinski definition) is 7. The number of amides is 3. The van der Waals surface area contributed by atoms with E-state index in [1.807, 2.05) is 19.1 Å². The summed E-state index contributed by atoms with van der Waals surface area (Å²) in [6.07, 6.45) is 0.562. The van der Waals surface area contributed by atoms with Gasteiger partial charge < -0.3 is 21.5 Å². The molecule has 0 fully saturated rings. The number of methoxy groups -OCH3 is 1. The second-order valence-electron chi connectivity index (χ2n) is 7.53. The quantitative estimate of drug-likeness (QED) is 0.366.